The number of fused-ring (bicyclic) bond motifs is 1. The highest BCUT2D eigenvalue weighted by atomic mass is 35.5. The number of halogens is 2. The number of carbonyl (C=O) groups is 3. The second-order valence-electron chi connectivity index (χ2n) is 28.2. The molecule has 1 saturated heterocycles. The Morgan fingerprint density at radius 3 is 1.94 bits per heavy atom. The number of alkyl halides is 2. The number of phenolic OH excluding ortho intramolecular Hbond substituents is 1. The van der Waals surface area contributed by atoms with Crippen molar-refractivity contribution in [1.29, 1.82) is 0 Å². The largest absolute Gasteiger partial charge is 0.507 e. The lowest BCUT2D eigenvalue weighted by Gasteiger charge is -2.45. The molecular formula is C82H116Cl2O11Si2. The van der Waals surface area contributed by atoms with Gasteiger partial charge in [-0.15, -0.1) is 23.2 Å². The molecule has 532 valence electrons. The smallest absolute Gasteiger partial charge is 0.342 e. The first kappa shape index (κ1) is 83.6. The van der Waals surface area contributed by atoms with Gasteiger partial charge in [0.15, 0.2) is 11.6 Å². The van der Waals surface area contributed by atoms with E-state index in [0.29, 0.717) is 36.1 Å². The van der Waals surface area contributed by atoms with Crippen molar-refractivity contribution >= 4 is 79.8 Å². The highest BCUT2D eigenvalue weighted by Gasteiger charge is 2.51. The third kappa shape index (κ3) is 27.0. The van der Waals surface area contributed by atoms with E-state index in [-0.39, 0.29) is 69.6 Å². The molecule has 9 atom stereocenters. The number of aliphatic hydroxyl groups is 2. The second-order valence-corrected chi connectivity index (χ2v) is 39.3. The Kier molecular flexibility index (Phi) is 35.9. The lowest BCUT2D eigenvalue weighted by Crippen LogP contribution is -2.67. The van der Waals surface area contributed by atoms with E-state index in [0.717, 1.165) is 74.1 Å². The molecule has 0 saturated carbocycles. The number of aromatic hydroxyl groups is 1. The Bertz CT molecular complexity index is 3310. The van der Waals surface area contributed by atoms with Crippen LogP contribution in [0.2, 0.25) is 30.7 Å². The standard InChI is InChI=1S/C52H74O5Si2.C26H32O6.C3H6Cl2.CH4/c1-14-15-16-17-20-26-43-36-35-40(3)48(50(53)54-37-38-58(11,12)13)46(43)31-25-32-47-49(56-52(9,10)55-47)41(4)34-33-39(2)42(5)57-59(51(6,7)8,44-27-21-18-22-28-44)45-29-23-19-24-30-45;1-4-5-6-7-8-10-19-14-16-21(27)24-20(19)11-9-12-22(28)25(30)23(29)15-13-17(2)18(3)32-26(24)31;1-2-3(4)5;/h18-19,21-25,27-31,33-36,39,41-42,47,49H,14-17,32,37-38H2,1-13H3;9,11,13-18,22,25,27-28,30H,4-7,12H2,1-3H3;3H,2H2,1H3;1H4/b31-25+,34-33-;11-9+,15-13-;;/t39-,41?,42+,47+,49-;17-,18+,22+,25+;;/m11../s1/i;;;1T. The molecule has 3 N–H and O–H groups in total. The Hall–Kier alpha value is -5.82. The summed E-state index contributed by atoms with van der Waals surface area (Å²) < 4.78 is 37.8. The minimum absolute atomic E-state index is 0.00666. The van der Waals surface area contributed by atoms with Crippen LogP contribution in [-0.4, -0.2) is 103 Å². The number of cyclic esters (lactones) is 1. The first-order valence-electron chi connectivity index (χ1n) is 35.7. The Morgan fingerprint density at radius 1 is 0.825 bits per heavy atom. The first-order chi connectivity index (χ1) is 46.3. The number of aryl methyl sites for hydroxylation is 1. The summed E-state index contributed by atoms with van der Waals surface area (Å²) in [6.07, 6.45) is 20.2. The molecule has 0 spiro atoms. The summed E-state index contributed by atoms with van der Waals surface area (Å²) in [5, 5.41) is 33.2. The molecule has 2 aliphatic heterocycles. The van der Waals surface area contributed by atoms with Gasteiger partial charge in [0, 0.05) is 62.5 Å². The van der Waals surface area contributed by atoms with E-state index in [4.69, 9.17) is 47.9 Å². The van der Waals surface area contributed by atoms with Crippen molar-refractivity contribution < 1.29 is 54.4 Å². The number of benzene rings is 4. The zero-order valence-corrected chi connectivity index (χ0v) is 65.0. The number of ether oxygens (including phenoxy) is 4. The average Bonchev–Trinajstić information content (AvgIpc) is 0.937. The molecule has 11 nitrogen and oxygen atoms in total. The van der Waals surface area contributed by atoms with Gasteiger partial charge < -0.3 is 38.7 Å². The number of unbranched alkanes of at least 4 members (excludes halogenated alkanes) is 6. The monoisotopic (exact) mass is 1400 g/mol. The van der Waals surface area contributed by atoms with Gasteiger partial charge in [0.25, 0.3) is 8.32 Å². The van der Waals surface area contributed by atoms with Crippen LogP contribution in [0.25, 0.3) is 12.2 Å². The van der Waals surface area contributed by atoms with Crippen molar-refractivity contribution in [1.82, 2.24) is 0 Å². The zero-order valence-electron chi connectivity index (χ0n) is 62.5. The van der Waals surface area contributed by atoms with Gasteiger partial charge in [0.1, 0.15) is 28.4 Å². The number of hydrogen-bond acceptors (Lipinski definition) is 11. The highest BCUT2D eigenvalue weighted by Crippen LogP contribution is 2.40. The van der Waals surface area contributed by atoms with Gasteiger partial charge >= 0.3 is 11.9 Å². The molecule has 6 rings (SSSR count). The maximum atomic E-state index is 13.7. The van der Waals surface area contributed by atoms with Crippen LogP contribution in [0.3, 0.4) is 0 Å². The molecule has 1 unspecified atom stereocenters. The van der Waals surface area contributed by atoms with E-state index >= 15 is 0 Å². The average molecular weight is 1410 g/mol. The van der Waals surface area contributed by atoms with Gasteiger partial charge in [-0.25, -0.2) is 9.59 Å². The van der Waals surface area contributed by atoms with E-state index in [1.807, 2.05) is 39.8 Å². The predicted octanol–water partition coefficient (Wildman–Crippen LogP) is 18.7. The molecule has 0 radical (unpaired) electrons. The summed E-state index contributed by atoms with van der Waals surface area (Å²) in [4.78, 5) is 38.6. The van der Waals surface area contributed by atoms with Gasteiger partial charge in [-0.3, -0.25) is 4.79 Å². The molecule has 2 heterocycles. The molecule has 0 amide bonds. The summed E-state index contributed by atoms with van der Waals surface area (Å²) in [6, 6.07) is 29.7. The van der Waals surface area contributed by atoms with Crippen molar-refractivity contribution in [2.24, 2.45) is 17.8 Å². The van der Waals surface area contributed by atoms with Crippen LogP contribution >= 0.6 is 23.2 Å². The summed E-state index contributed by atoms with van der Waals surface area (Å²) in [6.45, 7) is 36.6. The van der Waals surface area contributed by atoms with Crippen LogP contribution in [-0.2, 0) is 28.2 Å². The van der Waals surface area contributed by atoms with Gasteiger partial charge in [-0.2, -0.15) is 0 Å². The van der Waals surface area contributed by atoms with Gasteiger partial charge in [0.05, 0.1) is 30.5 Å². The van der Waals surface area contributed by atoms with Crippen LogP contribution in [0, 0.1) is 48.4 Å². The Labute approximate surface area is 597 Å². The normalized spacial score (nSPS) is 20.6. The molecular weight excluding hydrogens is 1290 g/mol. The molecule has 0 aliphatic carbocycles. The Balaban J connectivity index is 0.000000536. The molecule has 0 aromatic heterocycles. The number of ketones is 1. The van der Waals surface area contributed by atoms with Crippen molar-refractivity contribution in [3.63, 3.8) is 0 Å². The van der Waals surface area contributed by atoms with Crippen LogP contribution in [0.1, 0.15) is 218 Å². The van der Waals surface area contributed by atoms with Crippen molar-refractivity contribution in [2.75, 3.05) is 6.61 Å². The predicted molar refractivity (Wildman–Crippen MR) is 409 cm³/mol. The topological polar surface area (TPSA) is 158 Å². The van der Waals surface area contributed by atoms with Crippen LogP contribution in [0.15, 0.2) is 121 Å². The minimum atomic E-state index is -2.70. The van der Waals surface area contributed by atoms with Crippen molar-refractivity contribution in [3.05, 3.63) is 160 Å². The molecule has 1 fully saturated rings. The number of phenols is 1. The lowest BCUT2D eigenvalue weighted by molar-refractivity contribution is -0.148. The molecule has 97 heavy (non-hydrogen) atoms. The number of hydrogen-bond donors (Lipinski definition) is 3. The third-order valence-electron chi connectivity index (χ3n) is 17.3. The molecule has 2 aliphatic rings. The summed E-state index contributed by atoms with van der Waals surface area (Å²) in [5.74, 6) is 10.3. The number of rotatable bonds is 22. The maximum absolute atomic E-state index is 13.7. The zero-order chi connectivity index (χ0) is 73.4. The molecule has 15 heteroatoms. The molecule has 4 aromatic rings. The summed E-state index contributed by atoms with van der Waals surface area (Å²) in [7, 11) is -2.81. The van der Waals surface area contributed by atoms with Crippen molar-refractivity contribution in [3.8, 4) is 29.4 Å². The quantitative estimate of drug-likeness (QED) is 0.0172. The summed E-state index contributed by atoms with van der Waals surface area (Å²) >= 11 is 10.5. The molecule has 0 bridgehead atoms. The third-order valence-corrected chi connectivity index (χ3v) is 24.7. The van der Waals surface area contributed by atoms with Crippen molar-refractivity contribution in [2.45, 2.75) is 253 Å². The van der Waals surface area contributed by atoms with E-state index in [1.54, 1.807) is 26.0 Å². The van der Waals surface area contributed by atoms with E-state index < -0.39 is 52.2 Å². The fourth-order valence-electron chi connectivity index (χ4n) is 11.1. The van der Waals surface area contributed by atoms with Crippen LogP contribution in [0.5, 0.6) is 5.75 Å². The highest BCUT2D eigenvalue weighted by molar-refractivity contribution is 6.99. The fourth-order valence-corrected chi connectivity index (χ4v) is 16.6. The number of aliphatic hydroxyl groups excluding tert-OH is 2. The fraction of sp³-hybridized carbons (Fsp3) is 0.524. The first-order valence-corrected chi connectivity index (χ1v) is 41.2. The molecule has 4 aromatic carbocycles. The van der Waals surface area contributed by atoms with Gasteiger partial charge in [-0.1, -0.05) is 248 Å². The van der Waals surface area contributed by atoms with Gasteiger partial charge in [0.2, 0.25) is 0 Å². The minimum Gasteiger partial charge on any atom is -0.507 e. The van der Waals surface area contributed by atoms with Crippen LogP contribution < -0.4 is 10.4 Å². The SMILES string of the molecule is CCC(Cl)Cl.CCCCCC#Cc1ccc(C)c(C(=O)OCC[Si](C)(C)C)c1/C=C/C[C@@H]1OC(C)(C)O[C@@H]1C(C)/C=C\[C@@H](C)[C@H](C)O[Si](c1ccccc1)(c1ccccc1)C(C)(C)C.CCCCCC#Cc1ccc(O)c2c1/C=C/C[C@H](O)[C@H](O)C(=O)/C=C\[C@@H](C)[C@H](C)OC2=O.[3H]C. The maximum Gasteiger partial charge on any atom is 0.342 e. The van der Waals surface area contributed by atoms with Crippen LogP contribution in [0.4, 0.5) is 0 Å². The van der Waals surface area contributed by atoms with E-state index in [9.17, 15) is 29.7 Å². The Morgan fingerprint density at radius 2 is 1.39 bits per heavy atom. The summed E-state index contributed by atoms with van der Waals surface area (Å²) in [5.41, 5.74) is 4.06. The van der Waals surface area contributed by atoms with Gasteiger partial charge in [-0.05, 0) is 124 Å². The van der Waals surface area contributed by atoms with E-state index in [2.05, 4.69) is 184 Å². The number of esters is 2. The second kappa shape index (κ2) is 41.7. The van der Waals surface area contributed by atoms with E-state index in [1.165, 1.54) is 42.1 Å². The lowest BCUT2D eigenvalue weighted by atomic mass is 9.93. The number of carbonyl (C=O) groups excluding carboxylic acids is 3.